The van der Waals surface area contributed by atoms with Crippen molar-refractivity contribution < 1.29 is 56.4 Å². The lowest BCUT2D eigenvalue weighted by Gasteiger charge is -2.34. The van der Waals surface area contributed by atoms with Gasteiger partial charge in [-0.1, -0.05) is 45.7 Å². The molecular formula is C37H49F3N4O9. The molecule has 0 spiro atoms. The van der Waals surface area contributed by atoms with Crippen LogP contribution in [0.5, 0.6) is 11.6 Å². The Morgan fingerprint density at radius 2 is 1.70 bits per heavy atom. The minimum atomic E-state index is -5.08. The van der Waals surface area contributed by atoms with Crippen molar-refractivity contribution in [1.82, 2.24) is 20.5 Å². The highest BCUT2D eigenvalue weighted by Crippen LogP contribution is 2.41. The first kappa shape index (κ1) is 39.9. The van der Waals surface area contributed by atoms with Gasteiger partial charge < -0.3 is 39.6 Å². The van der Waals surface area contributed by atoms with E-state index < -0.39 is 47.8 Å². The number of hydrogen-bond donors (Lipinski definition) is 3. The SMILES string of the molecule is COC(=O)[C@@H]1C[C@@H]2CN1C(=O)[C@H](C(C)(C)C)NC(=O)O[C@@H]1C[C@H]1CCCCCc1c(nc3ccccc3c1OC1CCNCC1)O2.O=C(O)C(F)(F)F. The Balaban J connectivity index is 0.000000705. The number of esters is 1. The molecule has 2 bridgehead atoms. The van der Waals surface area contributed by atoms with Gasteiger partial charge >= 0.3 is 24.2 Å². The molecule has 292 valence electrons. The first-order valence-corrected chi connectivity index (χ1v) is 18.2. The predicted molar refractivity (Wildman–Crippen MR) is 185 cm³/mol. The van der Waals surface area contributed by atoms with Crippen LogP contribution in [0.15, 0.2) is 24.3 Å². The van der Waals surface area contributed by atoms with Gasteiger partial charge in [-0.15, -0.1) is 0 Å². The lowest BCUT2D eigenvalue weighted by Crippen LogP contribution is -2.57. The van der Waals surface area contributed by atoms with E-state index in [4.69, 9.17) is 33.8 Å². The number of hydrogen-bond acceptors (Lipinski definition) is 10. The van der Waals surface area contributed by atoms with Crippen LogP contribution in [0.3, 0.4) is 0 Å². The molecule has 6 rings (SSSR count). The number of rotatable bonds is 3. The largest absolute Gasteiger partial charge is 0.490 e. The number of alkyl carbamates (subject to hydrolysis) is 1. The first-order chi connectivity index (χ1) is 25.1. The first-order valence-electron chi connectivity index (χ1n) is 18.2. The number of alkyl halides is 3. The molecule has 3 fully saturated rings. The number of fused-ring (bicyclic) bond motifs is 5. The predicted octanol–water partition coefficient (Wildman–Crippen LogP) is 5.17. The summed E-state index contributed by atoms with van der Waals surface area (Å²) >= 11 is 0. The number of carbonyl (C=O) groups is 4. The zero-order valence-electron chi connectivity index (χ0n) is 30.5. The number of para-hydroxylation sites is 1. The minimum Gasteiger partial charge on any atom is -0.489 e. The summed E-state index contributed by atoms with van der Waals surface area (Å²) in [6.07, 6.45) is 1.31. The van der Waals surface area contributed by atoms with Crippen molar-refractivity contribution in [1.29, 1.82) is 0 Å². The van der Waals surface area contributed by atoms with Crippen molar-refractivity contribution >= 4 is 34.8 Å². The van der Waals surface area contributed by atoms with E-state index in [1.807, 2.05) is 39.0 Å². The summed E-state index contributed by atoms with van der Waals surface area (Å²) < 4.78 is 56.1. The Bertz CT molecular complexity index is 1640. The Labute approximate surface area is 306 Å². The van der Waals surface area contributed by atoms with Gasteiger partial charge in [0.25, 0.3) is 0 Å². The van der Waals surface area contributed by atoms with E-state index in [2.05, 4.69) is 16.7 Å². The third-order valence-corrected chi connectivity index (χ3v) is 10.0. The van der Waals surface area contributed by atoms with Crippen LogP contribution >= 0.6 is 0 Å². The quantitative estimate of drug-likeness (QED) is 0.355. The number of nitrogens with one attached hydrogen (secondary N) is 2. The fraction of sp³-hybridized carbons (Fsp3) is 0.649. The van der Waals surface area contributed by atoms with Gasteiger partial charge in [-0.2, -0.15) is 13.2 Å². The Morgan fingerprint density at radius 1 is 1.00 bits per heavy atom. The van der Waals surface area contributed by atoms with E-state index in [0.29, 0.717) is 11.8 Å². The number of carbonyl (C=O) groups excluding carboxylic acids is 3. The van der Waals surface area contributed by atoms with Gasteiger partial charge in [0, 0.05) is 11.8 Å². The number of halogens is 3. The van der Waals surface area contributed by atoms with Gasteiger partial charge in [-0.25, -0.2) is 19.4 Å². The number of nitrogens with zero attached hydrogens (tertiary/aromatic N) is 2. The molecule has 2 aromatic rings. The second-order valence-electron chi connectivity index (χ2n) is 15.1. The van der Waals surface area contributed by atoms with Crippen LogP contribution in [0.25, 0.3) is 10.9 Å². The molecule has 13 nitrogen and oxygen atoms in total. The number of carboxylic acid groups (broad SMARTS) is 1. The number of benzene rings is 1. The summed E-state index contributed by atoms with van der Waals surface area (Å²) in [6, 6.07) is 6.20. The second kappa shape index (κ2) is 16.8. The molecule has 16 heteroatoms. The highest BCUT2D eigenvalue weighted by molar-refractivity contribution is 5.91. The Kier molecular flexibility index (Phi) is 12.6. The lowest BCUT2D eigenvalue weighted by atomic mass is 9.85. The van der Waals surface area contributed by atoms with Crippen LogP contribution in [0.2, 0.25) is 0 Å². The zero-order valence-corrected chi connectivity index (χ0v) is 30.5. The number of pyridine rings is 1. The van der Waals surface area contributed by atoms with Gasteiger partial charge in [-0.3, -0.25) is 4.79 Å². The Morgan fingerprint density at radius 3 is 2.36 bits per heavy atom. The maximum absolute atomic E-state index is 14.2. The summed E-state index contributed by atoms with van der Waals surface area (Å²) in [5.74, 6) is -2.01. The van der Waals surface area contributed by atoms with Crippen molar-refractivity contribution in [3.05, 3.63) is 29.8 Å². The molecule has 3 aliphatic heterocycles. The monoisotopic (exact) mass is 750 g/mol. The average molecular weight is 751 g/mol. The average Bonchev–Trinajstić information content (AvgIpc) is 3.70. The van der Waals surface area contributed by atoms with Crippen molar-refractivity contribution in [2.45, 2.75) is 115 Å². The summed E-state index contributed by atoms with van der Waals surface area (Å²) in [4.78, 5) is 55.6. The highest BCUT2D eigenvalue weighted by Gasteiger charge is 2.48. The van der Waals surface area contributed by atoms with Crippen LogP contribution < -0.4 is 20.1 Å². The normalized spacial score (nSPS) is 25.9. The van der Waals surface area contributed by atoms with E-state index in [0.717, 1.165) is 86.7 Å². The Hall–Kier alpha value is -4.34. The number of aromatic nitrogens is 1. The summed E-state index contributed by atoms with van der Waals surface area (Å²) in [6.45, 7) is 7.62. The fourth-order valence-electron chi connectivity index (χ4n) is 7.03. The van der Waals surface area contributed by atoms with Crippen molar-refractivity contribution in [2.75, 3.05) is 26.7 Å². The third-order valence-electron chi connectivity index (χ3n) is 10.0. The van der Waals surface area contributed by atoms with E-state index in [-0.39, 0.29) is 31.1 Å². The number of aliphatic carboxylic acids is 1. The van der Waals surface area contributed by atoms with Gasteiger partial charge in [0.2, 0.25) is 11.8 Å². The fourth-order valence-corrected chi connectivity index (χ4v) is 7.03. The molecule has 0 radical (unpaired) electrons. The van der Waals surface area contributed by atoms with E-state index in [9.17, 15) is 27.6 Å². The molecule has 1 saturated carbocycles. The third kappa shape index (κ3) is 10.2. The van der Waals surface area contributed by atoms with E-state index in [1.54, 1.807) is 0 Å². The molecular weight excluding hydrogens is 701 g/mol. The van der Waals surface area contributed by atoms with Crippen molar-refractivity contribution in [3.8, 4) is 11.6 Å². The smallest absolute Gasteiger partial charge is 0.489 e. The van der Waals surface area contributed by atoms with Crippen LogP contribution in [0.1, 0.15) is 77.7 Å². The molecule has 2 saturated heterocycles. The molecule has 1 aromatic heterocycles. The topological polar surface area (TPSA) is 166 Å². The molecule has 4 aliphatic rings. The molecule has 5 atom stereocenters. The molecule has 2 amide bonds. The van der Waals surface area contributed by atoms with Crippen LogP contribution in [-0.4, -0.2) is 102 Å². The van der Waals surface area contributed by atoms with Gasteiger partial charge in [0.05, 0.1) is 24.7 Å². The van der Waals surface area contributed by atoms with E-state index in [1.165, 1.54) is 12.0 Å². The standard InChI is InChI=1S/C35H48N4O7.C2HF3O2/c1-35(2,3)30-32(40)39-20-23(19-27(39)33(41)43-4)45-31-25(12-7-5-6-10-21-18-28(21)46-34(42)38-30)29(44-22-14-16-36-17-15-22)24-11-8-9-13-26(24)37-31;3-2(4,5)1(6)7/h8-9,11,13,21-23,27-28,30,36H,5-7,10,12,14-20H2,1-4H3,(H,38,42);(H,6,7)/t21-,23-,27+,28-,30-;/m1./s1. The van der Waals surface area contributed by atoms with Crippen LogP contribution in [0.4, 0.5) is 18.0 Å². The number of amides is 2. The molecule has 3 N–H and O–H groups in total. The molecule has 0 unspecified atom stereocenters. The zero-order chi connectivity index (χ0) is 38.5. The van der Waals surface area contributed by atoms with Crippen LogP contribution in [-0.2, 0) is 30.3 Å². The van der Waals surface area contributed by atoms with Crippen molar-refractivity contribution in [3.63, 3.8) is 0 Å². The maximum atomic E-state index is 14.2. The van der Waals surface area contributed by atoms with Gasteiger partial charge in [0.15, 0.2) is 0 Å². The lowest BCUT2D eigenvalue weighted by molar-refractivity contribution is -0.192. The number of methoxy groups -OCH3 is 1. The van der Waals surface area contributed by atoms with Crippen LogP contribution in [0, 0.1) is 11.3 Å². The highest BCUT2D eigenvalue weighted by atomic mass is 19.4. The molecule has 4 heterocycles. The molecule has 53 heavy (non-hydrogen) atoms. The maximum Gasteiger partial charge on any atom is 0.490 e. The van der Waals surface area contributed by atoms with Crippen molar-refractivity contribution in [2.24, 2.45) is 11.3 Å². The summed E-state index contributed by atoms with van der Waals surface area (Å²) in [5.41, 5.74) is 1.07. The summed E-state index contributed by atoms with van der Waals surface area (Å²) in [5, 5.41) is 14.3. The second-order valence-corrected chi connectivity index (χ2v) is 15.1. The van der Waals surface area contributed by atoms with Gasteiger partial charge in [0.1, 0.15) is 36.1 Å². The molecule has 1 aliphatic carbocycles. The summed E-state index contributed by atoms with van der Waals surface area (Å²) in [7, 11) is 1.32. The van der Waals surface area contributed by atoms with Gasteiger partial charge in [-0.05, 0) is 75.1 Å². The number of piperidine rings is 1. The number of ether oxygens (including phenoxy) is 4. The number of carboxylic acids is 1. The minimum absolute atomic E-state index is 0.0869. The molecule has 1 aromatic carbocycles. The van der Waals surface area contributed by atoms with E-state index >= 15 is 0 Å².